The Labute approximate surface area is 189 Å². The number of hydrogen-bond acceptors (Lipinski definition) is 5. The van der Waals surface area contributed by atoms with E-state index < -0.39 is 31.9 Å². The van der Waals surface area contributed by atoms with Crippen molar-refractivity contribution in [3.8, 4) is 11.1 Å². The number of nitrogens with one attached hydrogen (secondary N) is 1. The van der Waals surface area contributed by atoms with Crippen molar-refractivity contribution in [2.75, 3.05) is 11.9 Å². The van der Waals surface area contributed by atoms with Crippen LogP contribution in [-0.2, 0) is 16.2 Å². The van der Waals surface area contributed by atoms with Crippen LogP contribution in [0.4, 0.5) is 19.4 Å². The molecule has 0 fully saturated rings. The second-order valence-electron chi connectivity index (χ2n) is 9.95. The van der Waals surface area contributed by atoms with Crippen LogP contribution in [0.2, 0.25) is 25.7 Å². The smallest absolute Gasteiger partial charge is 0.413 e. The van der Waals surface area contributed by atoms with Crippen molar-refractivity contribution >= 4 is 20.0 Å². The van der Waals surface area contributed by atoms with Crippen LogP contribution in [0.25, 0.3) is 11.1 Å². The number of alkyl halides is 2. The predicted octanol–water partition coefficient (Wildman–Crippen LogP) is 6.16. The lowest BCUT2D eigenvalue weighted by Gasteiger charge is -2.19. The largest absolute Gasteiger partial charge is 0.444 e. The Kier molecular flexibility index (Phi) is 8.16. The molecule has 0 aliphatic carbocycles. The number of hydrogen-bond donors (Lipinski definition) is 1. The number of anilines is 1. The molecule has 178 valence electrons. The summed E-state index contributed by atoms with van der Waals surface area (Å²) in [4.78, 5) is 16.0. The maximum Gasteiger partial charge on any atom is 0.413 e. The first kappa shape index (κ1) is 25.9. The molecule has 2 heterocycles. The fourth-order valence-corrected chi connectivity index (χ4v) is 3.83. The van der Waals surface area contributed by atoms with E-state index in [9.17, 15) is 13.6 Å². The zero-order chi connectivity index (χ0) is 24.3. The number of halogens is 2. The number of carbonyl (C=O) groups is 1. The quantitative estimate of drug-likeness (QED) is 0.371. The van der Waals surface area contributed by atoms with Crippen LogP contribution >= 0.6 is 0 Å². The molecule has 0 saturated carbocycles. The zero-order valence-corrected chi connectivity index (χ0v) is 21.2. The summed E-state index contributed by atoms with van der Waals surface area (Å²) >= 11 is 0. The van der Waals surface area contributed by atoms with Crippen molar-refractivity contribution in [2.24, 2.45) is 0 Å². The monoisotopic (exact) mass is 468 g/mol. The molecule has 1 amide bonds. The standard InChI is InChI=1S/C22H34F2N4O3Si/c1-14-18(15(2)28(27-14)13-30-11-12-32(6,7)8)16-9-10-17(25-19(16)20(23)24)26-21(29)31-22(3,4)5/h9-10,20H,11-13H2,1-8H3,(H,25,26,29). The van der Waals surface area contributed by atoms with Gasteiger partial charge >= 0.3 is 6.09 Å². The Bertz CT molecular complexity index is 950. The molecule has 2 aromatic heterocycles. The summed E-state index contributed by atoms with van der Waals surface area (Å²) in [5, 5.41) is 6.88. The topological polar surface area (TPSA) is 78.3 Å². The number of pyridine rings is 1. The molecule has 0 aromatic carbocycles. The summed E-state index contributed by atoms with van der Waals surface area (Å²) in [6, 6.07) is 4.03. The Balaban J connectivity index is 2.27. The lowest BCUT2D eigenvalue weighted by Crippen LogP contribution is -2.27. The molecule has 7 nitrogen and oxygen atoms in total. The average molecular weight is 469 g/mol. The van der Waals surface area contributed by atoms with Gasteiger partial charge in [0.15, 0.2) is 0 Å². The fourth-order valence-electron chi connectivity index (χ4n) is 3.07. The minimum atomic E-state index is -2.83. The van der Waals surface area contributed by atoms with E-state index in [-0.39, 0.29) is 18.1 Å². The number of aromatic nitrogens is 3. The summed E-state index contributed by atoms with van der Waals surface area (Å²) < 4.78 is 40.4. The minimum absolute atomic E-state index is 0.00400. The lowest BCUT2D eigenvalue weighted by molar-refractivity contribution is 0.0634. The van der Waals surface area contributed by atoms with Crippen molar-refractivity contribution in [1.29, 1.82) is 0 Å². The maximum absolute atomic E-state index is 13.9. The number of rotatable bonds is 8. The van der Waals surface area contributed by atoms with Crippen molar-refractivity contribution in [3.05, 3.63) is 29.2 Å². The molecule has 0 radical (unpaired) electrons. The molecular formula is C22H34F2N4O3Si. The normalized spacial score (nSPS) is 12.3. The van der Waals surface area contributed by atoms with Crippen LogP contribution in [0.5, 0.6) is 0 Å². The number of carbonyl (C=O) groups excluding carboxylic acids is 1. The third kappa shape index (κ3) is 7.37. The lowest BCUT2D eigenvalue weighted by atomic mass is 10.0. The number of aryl methyl sites for hydroxylation is 1. The van der Waals surface area contributed by atoms with Crippen LogP contribution < -0.4 is 5.32 Å². The fraction of sp³-hybridized carbons (Fsp3) is 0.591. The SMILES string of the molecule is Cc1nn(COCC[Si](C)(C)C)c(C)c1-c1ccc(NC(=O)OC(C)(C)C)nc1C(F)F. The molecule has 0 atom stereocenters. The van der Waals surface area contributed by atoms with E-state index in [1.165, 1.54) is 12.1 Å². The Morgan fingerprint density at radius 3 is 2.44 bits per heavy atom. The molecule has 0 aliphatic heterocycles. The van der Waals surface area contributed by atoms with Gasteiger partial charge in [0.25, 0.3) is 6.43 Å². The van der Waals surface area contributed by atoms with Gasteiger partial charge in [0.1, 0.15) is 23.8 Å². The summed E-state index contributed by atoms with van der Waals surface area (Å²) in [5.41, 5.74) is 1.04. The van der Waals surface area contributed by atoms with E-state index in [0.717, 1.165) is 6.04 Å². The molecular weight excluding hydrogens is 434 g/mol. The first-order valence-corrected chi connectivity index (χ1v) is 14.3. The third-order valence-corrected chi connectivity index (χ3v) is 6.33. The molecule has 10 heteroatoms. The van der Waals surface area contributed by atoms with E-state index >= 15 is 0 Å². The zero-order valence-electron chi connectivity index (χ0n) is 20.2. The van der Waals surface area contributed by atoms with E-state index in [2.05, 4.69) is 35.0 Å². The van der Waals surface area contributed by atoms with Gasteiger partial charge in [-0.1, -0.05) is 19.6 Å². The minimum Gasteiger partial charge on any atom is -0.444 e. The molecule has 2 aromatic rings. The molecule has 0 saturated heterocycles. The number of amides is 1. The summed E-state index contributed by atoms with van der Waals surface area (Å²) in [6.45, 7) is 16.4. The first-order valence-electron chi connectivity index (χ1n) is 10.6. The van der Waals surface area contributed by atoms with Crippen LogP contribution in [0.1, 0.15) is 44.3 Å². The predicted molar refractivity (Wildman–Crippen MR) is 124 cm³/mol. The molecule has 32 heavy (non-hydrogen) atoms. The van der Waals surface area contributed by atoms with Gasteiger partial charge in [-0.05, 0) is 52.8 Å². The Hall–Kier alpha value is -2.33. The van der Waals surface area contributed by atoms with Gasteiger partial charge in [0.05, 0.1) is 5.69 Å². The second kappa shape index (κ2) is 10.1. The molecule has 2 rings (SSSR count). The van der Waals surface area contributed by atoms with Gasteiger partial charge in [-0.25, -0.2) is 23.2 Å². The first-order chi connectivity index (χ1) is 14.7. The molecule has 0 bridgehead atoms. The highest BCUT2D eigenvalue weighted by molar-refractivity contribution is 6.76. The Morgan fingerprint density at radius 1 is 1.22 bits per heavy atom. The summed E-state index contributed by atoms with van der Waals surface area (Å²) in [7, 11) is -1.20. The van der Waals surface area contributed by atoms with Gasteiger partial charge in [-0.3, -0.25) is 5.32 Å². The van der Waals surface area contributed by atoms with Gasteiger partial charge < -0.3 is 9.47 Å². The van der Waals surface area contributed by atoms with Crippen LogP contribution in [0, 0.1) is 13.8 Å². The maximum atomic E-state index is 13.9. The van der Waals surface area contributed by atoms with E-state index in [4.69, 9.17) is 9.47 Å². The van der Waals surface area contributed by atoms with Crippen LogP contribution in [0.15, 0.2) is 12.1 Å². The van der Waals surface area contributed by atoms with Gasteiger partial charge in [0, 0.05) is 31.5 Å². The average Bonchev–Trinajstić information content (AvgIpc) is 2.90. The highest BCUT2D eigenvalue weighted by atomic mass is 28.3. The van der Waals surface area contributed by atoms with Gasteiger partial charge in [0.2, 0.25) is 0 Å². The second-order valence-corrected chi connectivity index (χ2v) is 15.6. The number of nitrogens with zero attached hydrogens (tertiary/aromatic N) is 3. The van der Waals surface area contributed by atoms with E-state index in [1.54, 1.807) is 32.4 Å². The number of ether oxygens (including phenoxy) is 2. The summed E-state index contributed by atoms with van der Waals surface area (Å²) in [5.74, 6) is -0.00400. The van der Waals surface area contributed by atoms with Crippen molar-refractivity contribution < 1.29 is 23.0 Å². The van der Waals surface area contributed by atoms with Gasteiger partial charge in [-0.15, -0.1) is 0 Å². The van der Waals surface area contributed by atoms with Crippen molar-refractivity contribution in [1.82, 2.24) is 14.8 Å². The Morgan fingerprint density at radius 2 is 1.88 bits per heavy atom. The summed E-state index contributed by atoms with van der Waals surface area (Å²) in [6.07, 6.45) is -3.59. The molecule has 0 unspecified atom stereocenters. The van der Waals surface area contributed by atoms with Crippen molar-refractivity contribution in [2.45, 2.75) is 79.1 Å². The van der Waals surface area contributed by atoms with Crippen LogP contribution in [-0.4, -0.2) is 41.1 Å². The third-order valence-electron chi connectivity index (χ3n) is 4.62. The molecule has 1 N–H and O–H groups in total. The molecule has 0 spiro atoms. The van der Waals surface area contributed by atoms with Crippen LogP contribution in [0.3, 0.4) is 0 Å². The van der Waals surface area contributed by atoms with E-state index in [0.29, 0.717) is 23.6 Å². The highest BCUT2D eigenvalue weighted by Crippen LogP contribution is 2.35. The van der Waals surface area contributed by atoms with Crippen molar-refractivity contribution in [3.63, 3.8) is 0 Å². The van der Waals surface area contributed by atoms with Gasteiger partial charge in [-0.2, -0.15) is 5.10 Å². The molecule has 0 aliphatic rings. The highest BCUT2D eigenvalue weighted by Gasteiger charge is 2.24. The van der Waals surface area contributed by atoms with E-state index in [1.807, 2.05) is 6.92 Å².